The highest BCUT2D eigenvalue weighted by atomic mass is 35.5. The van der Waals surface area contributed by atoms with E-state index in [0.717, 1.165) is 6.07 Å². The van der Waals surface area contributed by atoms with E-state index in [9.17, 15) is 9.18 Å². The molecule has 0 bridgehead atoms. The fraction of sp³-hybridized carbons (Fsp3) is 0.316. The van der Waals surface area contributed by atoms with Gasteiger partial charge in [0.1, 0.15) is 11.9 Å². The van der Waals surface area contributed by atoms with Crippen LogP contribution < -0.4 is 20.1 Å². The van der Waals surface area contributed by atoms with E-state index < -0.39 is 11.9 Å². The van der Waals surface area contributed by atoms with Crippen molar-refractivity contribution in [1.29, 1.82) is 0 Å². The van der Waals surface area contributed by atoms with Crippen LogP contribution in [0, 0.1) is 5.82 Å². The second-order valence-corrected chi connectivity index (χ2v) is 5.91. The second kappa shape index (κ2) is 9.29. The van der Waals surface area contributed by atoms with Crippen LogP contribution in [-0.4, -0.2) is 25.2 Å². The van der Waals surface area contributed by atoms with Crippen LogP contribution in [-0.2, 0) is 4.79 Å². The maximum Gasteiger partial charge on any atom is 0.246 e. The highest BCUT2D eigenvalue weighted by Crippen LogP contribution is 2.31. The fourth-order valence-electron chi connectivity index (χ4n) is 2.29. The summed E-state index contributed by atoms with van der Waals surface area (Å²) in [6.45, 7) is 6.53. The van der Waals surface area contributed by atoms with Crippen molar-refractivity contribution in [3.05, 3.63) is 47.2 Å². The Morgan fingerprint density at radius 3 is 2.46 bits per heavy atom. The van der Waals surface area contributed by atoms with E-state index >= 15 is 0 Å². The van der Waals surface area contributed by atoms with Crippen LogP contribution in [0.1, 0.15) is 20.8 Å². The average Bonchev–Trinajstić information content (AvgIpc) is 2.60. The molecule has 5 nitrogen and oxygen atoms in total. The van der Waals surface area contributed by atoms with E-state index in [4.69, 9.17) is 21.1 Å². The summed E-state index contributed by atoms with van der Waals surface area (Å²) >= 11 is 5.94. The zero-order chi connectivity index (χ0) is 19.1. The molecule has 7 heteroatoms. The van der Waals surface area contributed by atoms with Gasteiger partial charge >= 0.3 is 0 Å². The summed E-state index contributed by atoms with van der Waals surface area (Å²) < 4.78 is 24.2. The van der Waals surface area contributed by atoms with Crippen molar-refractivity contribution in [2.75, 3.05) is 23.8 Å². The molecule has 1 atom stereocenters. The third-order valence-electron chi connectivity index (χ3n) is 3.51. The second-order valence-electron chi connectivity index (χ2n) is 5.51. The van der Waals surface area contributed by atoms with Gasteiger partial charge in [0.2, 0.25) is 5.91 Å². The molecule has 0 fully saturated rings. The summed E-state index contributed by atoms with van der Waals surface area (Å²) in [4.78, 5) is 12.4. The minimum absolute atomic E-state index is 0.144. The van der Waals surface area contributed by atoms with Crippen LogP contribution in [0.5, 0.6) is 11.5 Å². The molecule has 140 valence electrons. The lowest BCUT2D eigenvalue weighted by Gasteiger charge is -2.18. The van der Waals surface area contributed by atoms with E-state index in [1.807, 2.05) is 19.9 Å². The molecule has 0 heterocycles. The first-order valence-electron chi connectivity index (χ1n) is 8.36. The van der Waals surface area contributed by atoms with Crippen LogP contribution in [0.4, 0.5) is 15.8 Å². The molecule has 0 aliphatic rings. The summed E-state index contributed by atoms with van der Waals surface area (Å²) in [6.07, 6.45) is 0. The number of carbonyl (C=O) groups is 1. The smallest absolute Gasteiger partial charge is 0.246 e. The topological polar surface area (TPSA) is 59.6 Å². The maximum absolute atomic E-state index is 13.1. The predicted octanol–water partition coefficient (Wildman–Crippen LogP) is 4.72. The molecular weight excluding hydrogens is 359 g/mol. The number of benzene rings is 2. The lowest BCUT2D eigenvalue weighted by atomic mass is 10.2. The van der Waals surface area contributed by atoms with Crippen molar-refractivity contribution in [3.8, 4) is 11.5 Å². The molecule has 2 aromatic rings. The predicted molar refractivity (Wildman–Crippen MR) is 102 cm³/mol. The number of hydrogen-bond acceptors (Lipinski definition) is 4. The maximum atomic E-state index is 13.1. The van der Waals surface area contributed by atoms with Crippen molar-refractivity contribution in [2.45, 2.75) is 26.8 Å². The normalized spacial score (nSPS) is 11.6. The van der Waals surface area contributed by atoms with Gasteiger partial charge < -0.3 is 20.1 Å². The number of hydrogen-bond donors (Lipinski definition) is 2. The fourth-order valence-corrected chi connectivity index (χ4v) is 2.50. The van der Waals surface area contributed by atoms with Crippen LogP contribution in [0.2, 0.25) is 5.02 Å². The summed E-state index contributed by atoms with van der Waals surface area (Å²) in [5, 5.41) is 5.91. The molecular formula is C19H22ClFN2O3. The van der Waals surface area contributed by atoms with Gasteiger partial charge in [0.05, 0.1) is 23.9 Å². The third-order valence-corrected chi connectivity index (χ3v) is 3.82. The third kappa shape index (κ3) is 5.26. The van der Waals surface area contributed by atoms with Crippen LogP contribution in [0.3, 0.4) is 0 Å². The molecule has 0 radical (unpaired) electrons. The van der Waals surface area contributed by atoms with E-state index in [1.165, 1.54) is 12.1 Å². The number of ether oxygens (including phenoxy) is 2. The molecule has 0 saturated carbocycles. The summed E-state index contributed by atoms with van der Waals surface area (Å²) in [5.41, 5.74) is 1.07. The molecule has 0 aromatic heterocycles. The highest BCUT2D eigenvalue weighted by Gasteiger charge is 2.16. The summed E-state index contributed by atoms with van der Waals surface area (Å²) in [6, 6.07) is 8.63. The highest BCUT2D eigenvalue weighted by molar-refractivity contribution is 6.33. The van der Waals surface area contributed by atoms with Crippen molar-refractivity contribution in [2.24, 2.45) is 0 Å². The Morgan fingerprint density at radius 2 is 1.81 bits per heavy atom. The first-order chi connectivity index (χ1) is 12.4. The Labute approximate surface area is 157 Å². The summed E-state index contributed by atoms with van der Waals surface area (Å²) in [7, 11) is 0. The van der Waals surface area contributed by atoms with Gasteiger partial charge in [0, 0.05) is 11.8 Å². The number of carbonyl (C=O) groups excluding carboxylic acids is 1. The van der Waals surface area contributed by atoms with Crippen molar-refractivity contribution in [1.82, 2.24) is 0 Å². The van der Waals surface area contributed by atoms with Crippen LogP contribution in [0.25, 0.3) is 0 Å². The quantitative estimate of drug-likeness (QED) is 0.696. The van der Waals surface area contributed by atoms with Gasteiger partial charge in [-0.25, -0.2) is 4.39 Å². The standard InChI is InChI=1S/C19H22ClFN2O3/c1-4-25-17-9-7-14(11-18(17)26-5-2)22-12(3)19(24)23-16-8-6-13(21)10-15(16)20/h6-12,22H,4-5H2,1-3H3,(H,23,24)/t12-/m1/s1. The van der Waals surface area contributed by atoms with Crippen molar-refractivity contribution < 1.29 is 18.7 Å². The number of amides is 1. The minimum atomic E-state index is -0.552. The van der Waals surface area contributed by atoms with Crippen molar-refractivity contribution >= 4 is 28.9 Å². The largest absolute Gasteiger partial charge is 0.490 e. The van der Waals surface area contributed by atoms with Crippen LogP contribution >= 0.6 is 11.6 Å². The zero-order valence-electron chi connectivity index (χ0n) is 14.9. The molecule has 2 rings (SSSR count). The van der Waals surface area contributed by atoms with Gasteiger partial charge in [-0.15, -0.1) is 0 Å². The number of nitrogens with one attached hydrogen (secondary N) is 2. The van der Waals surface area contributed by atoms with E-state index in [0.29, 0.717) is 36.1 Å². The van der Waals surface area contributed by atoms with Crippen LogP contribution in [0.15, 0.2) is 36.4 Å². The molecule has 26 heavy (non-hydrogen) atoms. The van der Waals surface area contributed by atoms with Gasteiger partial charge in [0.25, 0.3) is 0 Å². The van der Waals surface area contributed by atoms with Gasteiger partial charge in [-0.3, -0.25) is 4.79 Å². The molecule has 2 N–H and O–H groups in total. The monoisotopic (exact) mass is 380 g/mol. The Kier molecular flexibility index (Phi) is 7.09. The minimum Gasteiger partial charge on any atom is -0.490 e. The zero-order valence-corrected chi connectivity index (χ0v) is 15.7. The Morgan fingerprint density at radius 1 is 1.12 bits per heavy atom. The Balaban J connectivity index is 2.07. The van der Waals surface area contributed by atoms with Gasteiger partial charge in [-0.05, 0) is 51.1 Å². The Hall–Kier alpha value is -2.47. The van der Waals surface area contributed by atoms with Gasteiger partial charge in [0.15, 0.2) is 11.5 Å². The number of halogens is 2. The number of anilines is 2. The first kappa shape index (κ1) is 19.8. The SMILES string of the molecule is CCOc1ccc(N[C@H](C)C(=O)Nc2ccc(F)cc2Cl)cc1OCC. The summed E-state index contributed by atoms with van der Waals surface area (Å²) in [5.74, 6) is 0.492. The average molecular weight is 381 g/mol. The molecule has 0 aliphatic heterocycles. The van der Waals surface area contributed by atoms with Crippen molar-refractivity contribution in [3.63, 3.8) is 0 Å². The molecule has 0 spiro atoms. The van der Waals surface area contributed by atoms with Gasteiger partial charge in [-0.2, -0.15) is 0 Å². The lowest BCUT2D eigenvalue weighted by Crippen LogP contribution is -2.32. The molecule has 0 aliphatic carbocycles. The molecule has 2 aromatic carbocycles. The van der Waals surface area contributed by atoms with E-state index in [1.54, 1.807) is 19.1 Å². The molecule has 0 saturated heterocycles. The van der Waals surface area contributed by atoms with E-state index in [2.05, 4.69) is 10.6 Å². The molecule has 1 amide bonds. The van der Waals surface area contributed by atoms with E-state index in [-0.39, 0.29) is 10.9 Å². The first-order valence-corrected chi connectivity index (χ1v) is 8.74. The lowest BCUT2D eigenvalue weighted by molar-refractivity contribution is -0.116. The Bertz CT molecular complexity index is 770. The molecule has 0 unspecified atom stereocenters. The number of rotatable bonds is 8. The van der Waals surface area contributed by atoms with Gasteiger partial charge in [-0.1, -0.05) is 11.6 Å².